The minimum atomic E-state index is -3.61. The van der Waals surface area contributed by atoms with Crippen molar-refractivity contribution in [1.29, 1.82) is 0 Å². The molecule has 7 heteroatoms. The highest BCUT2D eigenvalue weighted by Crippen LogP contribution is 2.12. The van der Waals surface area contributed by atoms with E-state index in [0.717, 1.165) is 17.0 Å². The van der Waals surface area contributed by atoms with Gasteiger partial charge in [0.25, 0.3) is 0 Å². The molecule has 0 aromatic heterocycles. The third-order valence-corrected chi connectivity index (χ3v) is 4.31. The van der Waals surface area contributed by atoms with Gasteiger partial charge in [0.2, 0.25) is 15.9 Å². The molecule has 1 atom stereocenters. The Balaban J connectivity index is 2.83. The minimum absolute atomic E-state index is 0.0348. The SMILES string of the molecule is CC[C@H](C)NC(=O)CN(Cc1ccccc1F)S(C)(=O)=O. The summed E-state index contributed by atoms with van der Waals surface area (Å²) in [7, 11) is -3.61. The van der Waals surface area contributed by atoms with Gasteiger partial charge in [-0.15, -0.1) is 0 Å². The molecule has 0 unspecified atom stereocenters. The van der Waals surface area contributed by atoms with E-state index in [1.165, 1.54) is 18.2 Å². The molecule has 0 saturated heterocycles. The maximum absolute atomic E-state index is 13.6. The molecule has 1 rings (SSSR count). The third-order valence-electron chi connectivity index (χ3n) is 3.11. The van der Waals surface area contributed by atoms with Crippen LogP contribution >= 0.6 is 0 Å². The van der Waals surface area contributed by atoms with E-state index in [9.17, 15) is 17.6 Å². The molecule has 5 nitrogen and oxygen atoms in total. The zero-order valence-electron chi connectivity index (χ0n) is 12.5. The van der Waals surface area contributed by atoms with E-state index in [2.05, 4.69) is 5.32 Å². The van der Waals surface area contributed by atoms with Gasteiger partial charge in [-0.3, -0.25) is 4.79 Å². The third kappa shape index (κ3) is 5.81. The van der Waals surface area contributed by atoms with E-state index in [4.69, 9.17) is 0 Å². The van der Waals surface area contributed by atoms with Crippen molar-refractivity contribution in [2.75, 3.05) is 12.8 Å². The Labute approximate surface area is 125 Å². The van der Waals surface area contributed by atoms with Crippen molar-refractivity contribution in [3.63, 3.8) is 0 Å². The highest BCUT2D eigenvalue weighted by molar-refractivity contribution is 7.88. The summed E-state index contributed by atoms with van der Waals surface area (Å²) >= 11 is 0. The van der Waals surface area contributed by atoms with Gasteiger partial charge < -0.3 is 5.32 Å². The van der Waals surface area contributed by atoms with E-state index < -0.39 is 21.7 Å². The van der Waals surface area contributed by atoms with Crippen LogP contribution in [0.2, 0.25) is 0 Å². The molecular weight excluding hydrogens is 295 g/mol. The van der Waals surface area contributed by atoms with Crippen molar-refractivity contribution in [3.05, 3.63) is 35.6 Å². The Bertz CT molecular complexity index is 590. The molecule has 0 radical (unpaired) electrons. The lowest BCUT2D eigenvalue weighted by Crippen LogP contribution is -2.42. The summed E-state index contributed by atoms with van der Waals surface area (Å²) < 4.78 is 38.1. The number of halogens is 1. The van der Waals surface area contributed by atoms with Gasteiger partial charge in [-0.1, -0.05) is 25.1 Å². The molecule has 0 saturated carbocycles. The van der Waals surface area contributed by atoms with Gasteiger partial charge in [0.15, 0.2) is 0 Å². The fourth-order valence-corrected chi connectivity index (χ4v) is 2.42. The second kappa shape index (κ2) is 7.51. The Morgan fingerprint density at radius 2 is 2.00 bits per heavy atom. The summed E-state index contributed by atoms with van der Waals surface area (Å²) in [6, 6.07) is 5.87. The molecule has 0 aliphatic rings. The highest BCUT2D eigenvalue weighted by Gasteiger charge is 2.22. The molecule has 0 bridgehead atoms. The molecule has 1 amide bonds. The topological polar surface area (TPSA) is 66.5 Å². The molecule has 0 aliphatic carbocycles. The predicted octanol–water partition coefficient (Wildman–Crippen LogP) is 1.50. The van der Waals surface area contributed by atoms with Crippen molar-refractivity contribution >= 4 is 15.9 Å². The largest absolute Gasteiger partial charge is 0.353 e. The van der Waals surface area contributed by atoms with E-state index in [-0.39, 0.29) is 24.7 Å². The van der Waals surface area contributed by atoms with Gasteiger partial charge in [-0.2, -0.15) is 4.31 Å². The van der Waals surface area contributed by atoms with Gasteiger partial charge in [0.1, 0.15) is 5.82 Å². The number of benzene rings is 1. The number of nitrogens with one attached hydrogen (secondary N) is 1. The first kappa shape index (κ1) is 17.6. The number of hydrogen-bond donors (Lipinski definition) is 1. The molecular formula is C14H21FN2O3S. The summed E-state index contributed by atoms with van der Waals surface area (Å²) in [5, 5.41) is 2.69. The quantitative estimate of drug-likeness (QED) is 0.829. The maximum atomic E-state index is 13.6. The molecule has 118 valence electrons. The van der Waals surface area contributed by atoms with E-state index in [1.54, 1.807) is 6.07 Å². The molecule has 0 heterocycles. The molecule has 0 aliphatic heterocycles. The van der Waals surface area contributed by atoms with Crippen LogP contribution in [-0.2, 0) is 21.4 Å². The standard InChI is InChI=1S/C14H21FN2O3S/c1-4-11(2)16-14(18)10-17(21(3,19)20)9-12-7-5-6-8-13(12)15/h5-8,11H,4,9-10H2,1-3H3,(H,16,18)/t11-/m0/s1. The van der Waals surface area contributed by atoms with Crippen LogP contribution in [0.3, 0.4) is 0 Å². The van der Waals surface area contributed by atoms with Crippen LogP contribution in [0.4, 0.5) is 4.39 Å². The molecule has 1 aromatic carbocycles. The molecule has 1 aromatic rings. The van der Waals surface area contributed by atoms with Crippen molar-refractivity contribution < 1.29 is 17.6 Å². The fourth-order valence-electron chi connectivity index (χ4n) is 1.69. The van der Waals surface area contributed by atoms with Crippen LogP contribution in [0.5, 0.6) is 0 Å². The minimum Gasteiger partial charge on any atom is -0.353 e. The first-order valence-electron chi connectivity index (χ1n) is 6.72. The van der Waals surface area contributed by atoms with Crippen LogP contribution in [0, 0.1) is 5.82 Å². The van der Waals surface area contributed by atoms with E-state index >= 15 is 0 Å². The summed E-state index contributed by atoms with van der Waals surface area (Å²) in [6.07, 6.45) is 1.75. The van der Waals surface area contributed by atoms with Crippen LogP contribution in [0.15, 0.2) is 24.3 Å². The number of rotatable bonds is 7. The molecule has 0 spiro atoms. The number of hydrogen-bond acceptors (Lipinski definition) is 3. The van der Waals surface area contributed by atoms with Crippen molar-refractivity contribution in [2.45, 2.75) is 32.9 Å². The van der Waals surface area contributed by atoms with Crippen LogP contribution in [0.25, 0.3) is 0 Å². The second-order valence-electron chi connectivity index (χ2n) is 5.00. The summed E-state index contributed by atoms with van der Waals surface area (Å²) in [4.78, 5) is 11.8. The van der Waals surface area contributed by atoms with Gasteiger partial charge >= 0.3 is 0 Å². The van der Waals surface area contributed by atoms with Crippen LogP contribution in [0.1, 0.15) is 25.8 Å². The molecule has 0 fully saturated rings. The number of nitrogens with zero attached hydrogens (tertiary/aromatic N) is 1. The number of carbonyl (C=O) groups is 1. The maximum Gasteiger partial charge on any atom is 0.235 e. The lowest BCUT2D eigenvalue weighted by Gasteiger charge is -2.21. The second-order valence-corrected chi connectivity index (χ2v) is 6.98. The number of amides is 1. The number of sulfonamides is 1. The average molecular weight is 316 g/mol. The molecule has 1 N–H and O–H groups in total. The lowest BCUT2D eigenvalue weighted by atomic mass is 10.2. The fraction of sp³-hybridized carbons (Fsp3) is 0.500. The Morgan fingerprint density at radius 3 is 2.52 bits per heavy atom. The van der Waals surface area contributed by atoms with Crippen molar-refractivity contribution in [3.8, 4) is 0 Å². The first-order valence-corrected chi connectivity index (χ1v) is 8.56. The average Bonchev–Trinajstić information content (AvgIpc) is 2.39. The van der Waals surface area contributed by atoms with E-state index in [0.29, 0.717) is 0 Å². The van der Waals surface area contributed by atoms with Crippen LogP contribution < -0.4 is 5.32 Å². The van der Waals surface area contributed by atoms with Crippen LogP contribution in [-0.4, -0.2) is 37.5 Å². The summed E-state index contributed by atoms with van der Waals surface area (Å²) in [5.41, 5.74) is 0.235. The zero-order valence-corrected chi connectivity index (χ0v) is 13.3. The molecule has 21 heavy (non-hydrogen) atoms. The smallest absolute Gasteiger partial charge is 0.235 e. The van der Waals surface area contributed by atoms with Crippen molar-refractivity contribution in [1.82, 2.24) is 9.62 Å². The predicted molar refractivity (Wildman–Crippen MR) is 79.5 cm³/mol. The number of carbonyl (C=O) groups excluding carboxylic acids is 1. The Kier molecular flexibility index (Phi) is 6.29. The normalized spacial score (nSPS) is 13.2. The van der Waals surface area contributed by atoms with Crippen molar-refractivity contribution in [2.24, 2.45) is 0 Å². The Morgan fingerprint density at radius 1 is 1.38 bits per heavy atom. The lowest BCUT2D eigenvalue weighted by molar-refractivity contribution is -0.122. The Hall–Kier alpha value is -1.47. The highest BCUT2D eigenvalue weighted by atomic mass is 32.2. The van der Waals surface area contributed by atoms with Gasteiger partial charge in [0.05, 0.1) is 12.8 Å². The van der Waals surface area contributed by atoms with Gasteiger partial charge in [-0.05, 0) is 19.4 Å². The van der Waals surface area contributed by atoms with E-state index in [1.807, 2.05) is 13.8 Å². The zero-order chi connectivity index (χ0) is 16.0. The van der Waals surface area contributed by atoms with Gasteiger partial charge in [-0.25, -0.2) is 12.8 Å². The summed E-state index contributed by atoms with van der Waals surface area (Å²) in [5.74, 6) is -0.889. The monoisotopic (exact) mass is 316 g/mol. The first-order chi connectivity index (χ1) is 9.74. The summed E-state index contributed by atoms with van der Waals surface area (Å²) in [6.45, 7) is 3.26. The van der Waals surface area contributed by atoms with Gasteiger partial charge in [0, 0.05) is 18.2 Å².